The van der Waals surface area contributed by atoms with Crippen molar-refractivity contribution in [2.24, 2.45) is 0 Å². The lowest BCUT2D eigenvalue weighted by Crippen LogP contribution is -2.15. The lowest BCUT2D eigenvalue weighted by atomic mass is 10.2. The first-order chi connectivity index (χ1) is 10.6. The molecule has 0 aromatic heterocycles. The number of carbonyl (C=O) groups is 3. The summed E-state index contributed by atoms with van der Waals surface area (Å²) in [6.07, 6.45) is 0.0120. The molecule has 0 bridgehead atoms. The Kier molecular flexibility index (Phi) is 13.4. The first-order valence-corrected chi connectivity index (χ1v) is 7.23. The molecule has 0 aliphatic rings. The molecule has 0 amide bonds. The van der Waals surface area contributed by atoms with E-state index >= 15 is 0 Å². The van der Waals surface area contributed by atoms with E-state index in [9.17, 15) is 14.4 Å². The van der Waals surface area contributed by atoms with Crippen molar-refractivity contribution >= 4 is 17.7 Å². The molecule has 0 saturated heterocycles. The number of rotatable bonds is 15. The fourth-order valence-corrected chi connectivity index (χ4v) is 1.37. The third kappa shape index (κ3) is 13.5. The van der Waals surface area contributed by atoms with Gasteiger partial charge in [0.1, 0.15) is 6.61 Å². The van der Waals surface area contributed by atoms with E-state index in [-0.39, 0.29) is 32.5 Å². The molecule has 0 aromatic rings. The Bertz CT molecular complexity index is 329. The fraction of sp³-hybridized carbons (Fsp3) is 0.786. The number of aliphatic carboxylic acids is 1. The van der Waals surface area contributed by atoms with Gasteiger partial charge in [-0.05, 0) is 13.3 Å². The third-order valence-electron chi connectivity index (χ3n) is 2.46. The maximum Gasteiger partial charge on any atom is 0.372 e. The quantitative estimate of drug-likeness (QED) is 0.263. The first kappa shape index (κ1) is 20.5. The van der Waals surface area contributed by atoms with Crippen molar-refractivity contribution in [1.29, 1.82) is 0 Å². The third-order valence-corrected chi connectivity index (χ3v) is 2.46. The molecule has 0 unspecified atom stereocenters. The summed E-state index contributed by atoms with van der Waals surface area (Å²) in [5.74, 6) is -2.86. The van der Waals surface area contributed by atoms with Gasteiger partial charge in [-0.2, -0.15) is 0 Å². The molecule has 0 fully saturated rings. The highest BCUT2D eigenvalue weighted by atomic mass is 16.6. The van der Waals surface area contributed by atoms with Crippen molar-refractivity contribution in [2.75, 3.05) is 46.2 Å². The Labute approximate surface area is 129 Å². The van der Waals surface area contributed by atoms with Crippen LogP contribution in [0.2, 0.25) is 0 Å². The average Bonchev–Trinajstić information content (AvgIpc) is 2.49. The van der Waals surface area contributed by atoms with Crippen LogP contribution < -0.4 is 0 Å². The van der Waals surface area contributed by atoms with E-state index in [0.717, 1.165) is 0 Å². The average molecular weight is 320 g/mol. The van der Waals surface area contributed by atoms with Gasteiger partial charge in [-0.1, -0.05) is 0 Å². The molecule has 0 spiro atoms. The van der Waals surface area contributed by atoms with Crippen LogP contribution in [0, 0.1) is 0 Å². The van der Waals surface area contributed by atoms with Gasteiger partial charge in [-0.15, -0.1) is 0 Å². The minimum atomic E-state index is -1.48. The molecule has 22 heavy (non-hydrogen) atoms. The smallest absolute Gasteiger partial charge is 0.372 e. The predicted molar refractivity (Wildman–Crippen MR) is 75.6 cm³/mol. The monoisotopic (exact) mass is 320 g/mol. The Morgan fingerprint density at radius 1 is 0.818 bits per heavy atom. The van der Waals surface area contributed by atoms with Crippen LogP contribution in [-0.2, 0) is 33.3 Å². The summed E-state index contributed by atoms with van der Waals surface area (Å²) in [4.78, 5) is 32.3. The number of hydrogen-bond donors (Lipinski definition) is 1. The Hall–Kier alpha value is -1.51. The summed E-state index contributed by atoms with van der Waals surface area (Å²) >= 11 is 0. The van der Waals surface area contributed by atoms with Crippen molar-refractivity contribution < 1.29 is 38.4 Å². The van der Waals surface area contributed by atoms with Crippen molar-refractivity contribution in [1.82, 2.24) is 0 Å². The van der Waals surface area contributed by atoms with E-state index in [1.54, 1.807) is 0 Å². The fourth-order valence-electron chi connectivity index (χ4n) is 1.37. The van der Waals surface area contributed by atoms with Crippen LogP contribution in [0.3, 0.4) is 0 Å². The number of Topliss-reactive ketones (excluding diaryl/α,β-unsaturated/α-hetero) is 1. The second kappa shape index (κ2) is 14.4. The molecule has 0 heterocycles. The number of carboxylic acids is 1. The SMILES string of the molecule is CCOCCOCCOCCOC(=O)CCCC(=O)C(=O)O. The van der Waals surface area contributed by atoms with Gasteiger partial charge in [0.2, 0.25) is 5.78 Å². The molecule has 0 rings (SSSR count). The Morgan fingerprint density at radius 2 is 1.36 bits per heavy atom. The second-order valence-electron chi connectivity index (χ2n) is 4.22. The molecule has 0 atom stereocenters. The van der Waals surface area contributed by atoms with Gasteiger partial charge in [0, 0.05) is 19.4 Å². The van der Waals surface area contributed by atoms with Crippen molar-refractivity contribution in [2.45, 2.75) is 26.2 Å². The van der Waals surface area contributed by atoms with E-state index in [4.69, 9.17) is 24.1 Å². The van der Waals surface area contributed by atoms with Crippen LogP contribution in [0.5, 0.6) is 0 Å². The molecule has 8 heteroatoms. The largest absolute Gasteiger partial charge is 0.476 e. The number of carboxylic acid groups (broad SMARTS) is 1. The summed E-state index contributed by atoms with van der Waals surface area (Å²) in [7, 11) is 0. The summed E-state index contributed by atoms with van der Waals surface area (Å²) in [6.45, 7) is 4.86. The van der Waals surface area contributed by atoms with Gasteiger partial charge in [-0.3, -0.25) is 9.59 Å². The lowest BCUT2D eigenvalue weighted by molar-refractivity contribution is -0.150. The molecule has 0 aliphatic carbocycles. The highest BCUT2D eigenvalue weighted by molar-refractivity contribution is 6.32. The topological polar surface area (TPSA) is 108 Å². The zero-order chi connectivity index (χ0) is 16.6. The van der Waals surface area contributed by atoms with E-state index in [0.29, 0.717) is 33.0 Å². The van der Waals surface area contributed by atoms with Gasteiger partial charge in [-0.25, -0.2) is 4.79 Å². The van der Waals surface area contributed by atoms with Gasteiger partial charge < -0.3 is 24.1 Å². The van der Waals surface area contributed by atoms with Crippen LogP contribution in [0.4, 0.5) is 0 Å². The minimum absolute atomic E-state index is 0.0135. The Balaban J connectivity index is 3.28. The summed E-state index contributed by atoms with van der Waals surface area (Å²) in [6, 6.07) is 0. The van der Waals surface area contributed by atoms with Gasteiger partial charge in [0.05, 0.1) is 33.0 Å². The molecule has 1 N–H and O–H groups in total. The molecule has 0 saturated carbocycles. The van der Waals surface area contributed by atoms with Crippen LogP contribution in [-0.4, -0.2) is 69.1 Å². The highest BCUT2D eigenvalue weighted by Crippen LogP contribution is 1.99. The van der Waals surface area contributed by atoms with E-state index in [2.05, 4.69) is 0 Å². The molecule has 0 aromatic carbocycles. The summed E-state index contributed by atoms with van der Waals surface area (Å²) in [5.41, 5.74) is 0. The number of ether oxygens (including phenoxy) is 4. The molecule has 8 nitrogen and oxygen atoms in total. The van der Waals surface area contributed by atoms with E-state index in [1.807, 2.05) is 6.92 Å². The molecule has 0 radical (unpaired) electrons. The van der Waals surface area contributed by atoms with E-state index in [1.165, 1.54) is 0 Å². The van der Waals surface area contributed by atoms with Crippen LogP contribution in [0.1, 0.15) is 26.2 Å². The van der Waals surface area contributed by atoms with Gasteiger partial charge >= 0.3 is 11.9 Å². The minimum Gasteiger partial charge on any atom is -0.476 e. The maximum absolute atomic E-state index is 11.3. The van der Waals surface area contributed by atoms with Crippen LogP contribution in [0.15, 0.2) is 0 Å². The normalized spacial score (nSPS) is 10.4. The molecule has 0 aliphatic heterocycles. The van der Waals surface area contributed by atoms with Crippen molar-refractivity contribution in [3.05, 3.63) is 0 Å². The maximum atomic E-state index is 11.3. The number of carbonyl (C=O) groups excluding carboxylic acids is 2. The molecular weight excluding hydrogens is 296 g/mol. The lowest BCUT2D eigenvalue weighted by Gasteiger charge is -2.07. The van der Waals surface area contributed by atoms with Gasteiger partial charge in [0.25, 0.3) is 0 Å². The molecular formula is C14H24O8. The second-order valence-corrected chi connectivity index (χ2v) is 4.22. The number of esters is 1. The predicted octanol–water partition coefficient (Wildman–Crippen LogP) is 0.423. The van der Waals surface area contributed by atoms with Crippen molar-refractivity contribution in [3.63, 3.8) is 0 Å². The van der Waals surface area contributed by atoms with Crippen LogP contribution in [0.25, 0.3) is 0 Å². The van der Waals surface area contributed by atoms with Gasteiger partial charge in [0.15, 0.2) is 0 Å². The first-order valence-electron chi connectivity index (χ1n) is 7.23. The standard InChI is InChI=1S/C14H24O8/c1-2-19-6-7-20-8-9-21-10-11-22-13(16)5-3-4-12(15)14(17)18/h2-11H2,1H3,(H,17,18). The molecule has 128 valence electrons. The number of ketones is 1. The highest BCUT2D eigenvalue weighted by Gasteiger charge is 2.12. The zero-order valence-corrected chi connectivity index (χ0v) is 12.9. The summed E-state index contributed by atoms with van der Waals surface area (Å²) < 4.78 is 20.4. The Morgan fingerprint density at radius 3 is 1.91 bits per heavy atom. The van der Waals surface area contributed by atoms with Crippen molar-refractivity contribution in [3.8, 4) is 0 Å². The number of hydrogen-bond acceptors (Lipinski definition) is 7. The van der Waals surface area contributed by atoms with E-state index < -0.39 is 17.7 Å². The zero-order valence-electron chi connectivity index (χ0n) is 12.9. The van der Waals surface area contributed by atoms with Crippen LogP contribution >= 0.6 is 0 Å². The summed E-state index contributed by atoms with van der Waals surface area (Å²) in [5, 5.41) is 8.35.